The van der Waals surface area contributed by atoms with E-state index in [9.17, 15) is 23.3 Å². The van der Waals surface area contributed by atoms with Crippen molar-refractivity contribution in [2.75, 3.05) is 16.8 Å². The molecule has 3 aliphatic rings. The molecule has 9 nitrogen and oxygen atoms in total. The predicted molar refractivity (Wildman–Crippen MR) is 142 cm³/mol. The van der Waals surface area contributed by atoms with Gasteiger partial charge in [-0.1, -0.05) is 12.8 Å². The maximum Gasteiger partial charge on any atom is 0.573 e. The van der Waals surface area contributed by atoms with Crippen LogP contribution in [0.5, 0.6) is 5.75 Å². The molecule has 5 atom stereocenters. The summed E-state index contributed by atoms with van der Waals surface area (Å²) in [5, 5.41) is 18.4. The fraction of sp³-hybridized carbons (Fsp3) is 0.464. The number of nitrogens with zero attached hydrogens (tertiary/aromatic N) is 3. The van der Waals surface area contributed by atoms with Gasteiger partial charge in [-0.25, -0.2) is 4.98 Å². The highest BCUT2D eigenvalue weighted by Gasteiger charge is 2.46. The summed E-state index contributed by atoms with van der Waals surface area (Å²) in [5.74, 6) is 0.751. The number of hydrogen-bond donors (Lipinski definition) is 2. The molecule has 40 heavy (non-hydrogen) atoms. The van der Waals surface area contributed by atoms with Gasteiger partial charge in [0.05, 0.1) is 11.1 Å². The zero-order valence-electron chi connectivity index (χ0n) is 21.6. The van der Waals surface area contributed by atoms with Gasteiger partial charge in [-0.05, 0) is 68.0 Å². The molecule has 12 heteroatoms. The van der Waals surface area contributed by atoms with Crippen LogP contribution in [0.15, 0.2) is 59.1 Å². The van der Waals surface area contributed by atoms with E-state index in [4.69, 9.17) is 4.42 Å². The Labute approximate surface area is 228 Å². The number of fused-ring (bicyclic) bond motifs is 2. The summed E-state index contributed by atoms with van der Waals surface area (Å²) in [5.41, 5.74) is 1.72. The van der Waals surface area contributed by atoms with Gasteiger partial charge in [-0.15, -0.1) is 13.2 Å². The summed E-state index contributed by atoms with van der Waals surface area (Å²) in [6.07, 6.45) is 3.25. The average molecular weight is 558 g/mol. The standard InChI is InChI=1S/C28H30F3N5O4/c29-28(30,31)40-21-11-5-18(6-12-21)26-15-32-27(39-26)34-23-4-2-1-3-22(23)33-24-13-17-14-25(24)35(16-17)19-7-9-20(10-8-19)36(37)38/h5-12,15,17,22-25,33H,1-4,13-14,16H2,(H,32,34)/t17-,22-,23-,24+,25+/m1/s1. The highest BCUT2D eigenvalue weighted by atomic mass is 19.4. The Balaban J connectivity index is 1.09. The molecular weight excluding hydrogens is 527 g/mol. The average Bonchev–Trinajstić information content (AvgIpc) is 3.66. The van der Waals surface area contributed by atoms with E-state index < -0.39 is 6.36 Å². The Morgan fingerprint density at radius 2 is 1.73 bits per heavy atom. The number of nitro groups is 1. The first-order valence-electron chi connectivity index (χ1n) is 13.6. The molecule has 6 rings (SSSR count). The number of oxazole rings is 1. The minimum absolute atomic E-state index is 0.0982. The minimum Gasteiger partial charge on any atom is -0.424 e. The molecule has 0 spiro atoms. The Morgan fingerprint density at radius 1 is 1.00 bits per heavy atom. The van der Waals surface area contributed by atoms with Gasteiger partial charge in [0.1, 0.15) is 5.75 Å². The van der Waals surface area contributed by atoms with E-state index in [-0.39, 0.29) is 28.4 Å². The van der Waals surface area contributed by atoms with Gasteiger partial charge in [-0.3, -0.25) is 10.1 Å². The van der Waals surface area contributed by atoms with Gasteiger partial charge in [-0.2, -0.15) is 0 Å². The second-order valence-electron chi connectivity index (χ2n) is 10.8. The number of nitro benzene ring substituents is 1. The van der Waals surface area contributed by atoms with Gasteiger partial charge < -0.3 is 24.7 Å². The van der Waals surface area contributed by atoms with Crippen LogP contribution in [0, 0.1) is 16.0 Å². The first-order valence-corrected chi connectivity index (χ1v) is 13.6. The third-order valence-electron chi connectivity index (χ3n) is 8.26. The molecule has 1 saturated heterocycles. The quantitative estimate of drug-likeness (QED) is 0.252. The molecular formula is C28H30F3N5O4. The fourth-order valence-electron chi connectivity index (χ4n) is 6.50. The second kappa shape index (κ2) is 10.6. The number of nitrogens with one attached hydrogen (secondary N) is 2. The largest absolute Gasteiger partial charge is 0.573 e. The summed E-state index contributed by atoms with van der Waals surface area (Å²) in [6.45, 7) is 0.968. The van der Waals surface area contributed by atoms with E-state index in [1.54, 1.807) is 18.3 Å². The van der Waals surface area contributed by atoms with Crippen LogP contribution < -0.4 is 20.3 Å². The van der Waals surface area contributed by atoms with Crippen molar-refractivity contribution in [3.05, 3.63) is 64.8 Å². The number of rotatable bonds is 8. The van der Waals surface area contributed by atoms with E-state index >= 15 is 0 Å². The van der Waals surface area contributed by atoms with Gasteiger partial charge in [0.25, 0.3) is 11.7 Å². The number of anilines is 2. The van der Waals surface area contributed by atoms with Crippen LogP contribution in [0.2, 0.25) is 0 Å². The molecule has 0 radical (unpaired) electrons. The van der Waals surface area contributed by atoms with Crippen molar-refractivity contribution in [1.82, 2.24) is 10.3 Å². The summed E-state index contributed by atoms with van der Waals surface area (Å²) < 4.78 is 47.2. The van der Waals surface area contributed by atoms with Crippen LogP contribution in [-0.4, -0.2) is 47.0 Å². The maximum absolute atomic E-state index is 12.4. The minimum atomic E-state index is -4.74. The number of non-ortho nitro benzene ring substituents is 1. The Hall–Kier alpha value is -3.80. The SMILES string of the molecule is O=[N+]([O-])c1ccc(N2C[C@@H]3C[C@H](N[C@@H]4CCCC[C@H]4Nc4ncc(-c5ccc(OC(F)(F)F)cc5)o4)[C@@H]2C3)cc1. The molecule has 212 valence electrons. The lowest BCUT2D eigenvalue weighted by Gasteiger charge is -2.40. The molecule has 3 aromatic rings. The van der Waals surface area contributed by atoms with E-state index in [1.807, 2.05) is 12.1 Å². The lowest BCUT2D eigenvalue weighted by molar-refractivity contribution is -0.384. The summed E-state index contributed by atoms with van der Waals surface area (Å²) >= 11 is 0. The monoisotopic (exact) mass is 557 g/mol. The van der Waals surface area contributed by atoms with E-state index in [0.29, 0.717) is 35.3 Å². The molecule has 0 unspecified atom stereocenters. The molecule has 2 aromatic carbocycles. The molecule has 2 heterocycles. The van der Waals surface area contributed by atoms with Crippen molar-refractivity contribution >= 4 is 17.4 Å². The van der Waals surface area contributed by atoms with Crippen LogP contribution in [0.4, 0.5) is 30.6 Å². The van der Waals surface area contributed by atoms with Crippen LogP contribution in [-0.2, 0) is 0 Å². The molecule has 2 saturated carbocycles. The molecule has 0 amide bonds. The topological polar surface area (TPSA) is 106 Å². The first kappa shape index (κ1) is 26.4. The Kier molecular flexibility index (Phi) is 7.03. The molecule has 2 aliphatic carbocycles. The molecule has 2 N–H and O–H groups in total. The van der Waals surface area contributed by atoms with Gasteiger partial charge in [0.15, 0.2) is 5.76 Å². The number of aromatic nitrogens is 1. The van der Waals surface area contributed by atoms with Crippen molar-refractivity contribution in [1.29, 1.82) is 0 Å². The molecule has 2 bridgehead atoms. The van der Waals surface area contributed by atoms with E-state index in [2.05, 4.69) is 25.3 Å². The highest BCUT2D eigenvalue weighted by molar-refractivity contribution is 5.58. The summed E-state index contributed by atoms with van der Waals surface area (Å²) in [7, 11) is 0. The van der Waals surface area contributed by atoms with E-state index in [1.165, 1.54) is 24.3 Å². The third kappa shape index (κ3) is 5.72. The van der Waals surface area contributed by atoms with Crippen molar-refractivity contribution in [2.24, 2.45) is 5.92 Å². The first-order chi connectivity index (χ1) is 19.2. The highest BCUT2D eigenvalue weighted by Crippen LogP contribution is 2.41. The van der Waals surface area contributed by atoms with Crippen LogP contribution in [0.3, 0.4) is 0 Å². The smallest absolute Gasteiger partial charge is 0.424 e. The van der Waals surface area contributed by atoms with Crippen molar-refractivity contribution < 1.29 is 27.2 Å². The Morgan fingerprint density at radius 3 is 2.40 bits per heavy atom. The van der Waals surface area contributed by atoms with Crippen LogP contribution in [0.25, 0.3) is 11.3 Å². The summed E-state index contributed by atoms with van der Waals surface area (Å²) in [6, 6.07) is 13.7. The second-order valence-corrected chi connectivity index (χ2v) is 10.8. The van der Waals surface area contributed by atoms with Gasteiger partial charge in [0.2, 0.25) is 0 Å². The van der Waals surface area contributed by atoms with Crippen LogP contribution >= 0.6 is 0 Å². The number of alkyl halides is 3. The van der Waals surface area contributed by atoms with Crippen LogP contribution in [0.1, 0.15) is 38.5 Å². The number of benzene rings is 2. The maximum atomic E-state index is 12.4. The van der Waals surface area contributed by atoms with E-state index in [0.717, 1.165) is 50.8 Å². The molecule has 1 aliphatic heterocycles. The third-order valence-corrected chi connectivity index (χ3v) is 8.26. The lowest BCUT2D eigenvalue weighted by atomic mass is 9.89. The number of ether oxygens (including phenoxy) is 1. The normalized spacial score (nSPS) is 26.2. The van der Waals surface area contributed by atoms with Gasteiger partial charge in [0, 0.05) is 54.1 Å². The van der Waals surface area contributed by atoms with Crippen molar-refractivity contribution in [2.45, 2.75) is 69.1 Å². The fourth-order valence-corrected chi connectivity index (χ4v) is 6.50. The number of piperidine rings is 1. The lowest BCUT2D eigenvalue weighted by Crippen LogP contribution is -2.56. The predicted octanol–water partition coefficient (Wildman–Crippen LogP) is 6.13. The molecule has 3 fully saturated rings. The Bertz CT molecular complexity index is 1330. The van der Waals surface area contributed by atoms with Crippen molar-refractivity contribution in [3.63, 3.8) is 0 Å². The number of hydrogen-bond acceptors (Lipinski definition) is 8. The zero-order valence-corrected chi connectivity index (χ0v) is 21.6. The van der Waals surface area contributed by atoms with Crippen molar-refractivity contribution in [3.8, 4) is 17.1 Å². The summed E-state index contributed by atoms with van der Waals surface area (Å²) in [4.78, 5) is 17.4. The zero-order chi connectivity index (χ0) is 27.9. The van der Waals surface area contributed by atoms with Gasteiger partial charge >= 0.3 is 6.36 Å². The molecule has 1 aromatic heterocycles. The number of halogens is 3.